The summed E-state index contributed by atoms with van der Waals surface area (Å²) in [5.41, 5.74) is 0.796. The van der Waals surface area contributed by atoms with Gasteiger partial charge in [0.05, 0.1) is 18.6 Å². The second-order valence-electron chi connectivity index (χ2n) is 5.89. The van der Waals surface area contributed by atoms with E-state index in [4.69, 9.17) is 4.74 Å². The summed E-state index contributed by atoms with van der Waals surface area (Å²) in [5, 5.41) is 17.6. The first-order chi connectivity index (χ1) is 13.2. The van der Waals surface area contributed by atoms with E-state index in [2.05, 4.69) is 26.1 Å². The zero-order chi connectivity index (χ0) is 19.1. The third-order valence-corrected chi connectivity index (χ3v) is 5.92. The van der Waals surface area contributed by atoms with Gasteiger partial charge >= 0.3 is 0 Å². The first kappa shape index (κ1) is 19.4. The molecular weight excluding hydrogens is 386 g/mol. The van der Waals surface area contributed by atoms with Gasteiger partial charge in [0.1, 0.15) is 11.8 Å². The van der Waals surface area contributed by atoms with Crippen molar-refractivity contribution in [2.24, 2.45) is 0 Å². The summed E-state index contributed by atoms with van der Waals surface area (Å²) < 4.78 is 5.97. The first-order valence-electron chi connectivity index (χ1n) is 8.59. The highest BCUT2D eigenvalue weighted by atomic mass is 32.2. The highest BCUT2D eigenvalue weighted by molar-refractivity contribution is 8.01. The molecule has 10 heteroatoms. The van der Waals surface area contributed by atoms with Crippen molar-refractivity contribution < 1.29 is 14.3 Å². The molecule has 0 saturated carbocycles. The second-order valence-corrected chi connectivity index (χ2v) is 8.09. The van der Waals surface area contributed by atoms with Crippen molar-refractivity contribution in [3.05, 3.63) is 24.3 Å². The normalized spacial score (nSPS) is 16.9. The number of para-hydroxylation sites is 2. The van der Waals surface area contributed by atoms with Gasteiger partial charge in [-0.1, -0.05) is 35.2 Å². The number of nitrogens with zero attached hydrogens (tertiary/aromatic N) is 2. The molecule has 3 rings (SSSR count). The minimum absolute atomic E-state index is 0.106. The van der Waals surface area contributed by atoms with Crippen LogP contribution in [0.2, 0.25) is 0 Å². The lowest BCUT2D eigenvalue weighted by Gasteiger charge is -2.14. The van der Waals surface area contributed by atoms with Gasteiger partial charge in [-0.05, 0) is 31.4 Å². The molecule has 1 atom stereocenters. The third-order valence-electron chi connectivity index (χ3n) is 3.95. The number of hydrogen-bond acceptors (Lipinski definition) is 8. The van der Waals surface area contributed by atoms with E-state index in [1.165, 1.54) is 23.1 Å². The molecule has 8 nitrogen and oxygen atoms in total. The summed E-state index contributed by atoms with van der Waals surface area (Å²) in [6.45, 7) is 0.673. The Morgan fingerprint density at radius 2 is 2.22 bits per heavy atom. The molecule has 0 aliphatic carbocycles. The minimum atomic E-state index is -0.446. The predicted octanol–water partition coefficient (Wildman–Crippen LogP) is 2.17. The van der Waals surface area contributed by atoms with E-state index < -0.39 is 6.04 Å². The fraction of sp³-hybridized carbons (Fsp3) is 0.412. The fourth-order valence-electron chi connectivity index (χ4n) is 2.62. The van der Waals surface area contributed by atoms with Gasteiger partial charge in [0, 0.05) is 6.54 Å². The van der Waals surface area contributed by atoms with Crippen LogP contribution in [0, 0.1) is 0 Å². The maximum Gasteiger partial charge on any atom is 0.242 e. The Labute approximate surface area is 165 Å². The lowest BCUT2D eigenvalue weighted by molar-refractivity contribution is -0.127. The van der Waals surface area contributed by atoms with E-state index in [-0.39, 0.29) is 17.6 Å². The number of anilines is 2. The van der Waals surface area contributed by atoms with Crippen LogP contribution in [0.5, 0.6) is 5.75 Å². The van der Waals surface area contributed by atoms with Crippen molar-refractivity contribution in [2.75, 3.05) is 24.7 Å². The molecule has 1 aromatic carbocycles. The molecule has 144 valence electrons. The van der Waals surface area contributed by atoms with Gasteiger partial charge < -0.3 is 20.7 Å². The molecule has 2 aromatic rings. The summed E-state index contributed by atoms with van der Waals surface area (Å²) in [4.78, 5) is 24.0. The number of nitrogens with one attached hydrogen (secondary N) is 3. The molecule has 2 amide bonds. The number of aromatic nitrogens is 2. The Hall–Kier alpha value is -2.33. The molecule has 0 radical (unpaired) electrons. The quantitative estimate of drug-likeness (QED) is 0.604. The monoisotopic (exact) mass is 407 g/mol. The number of methoxy groups -OCH3 is 1. The molecule has 0 unspecified atom stereocenters. The van der Waals surface area contributed by atoms with Crippen LogP contribution < -0.4 is 20.7 Å². The standard InChI is InChI=1S/C17H21N5O3S2/c1-25-13-8-3-2-6-11(13)20-16-21-22-17(27-16)26-10-14(23)19-12-7-4-5-9-18-15(12)24/h2-3,6,8,12H,4-5,7,9-10H2,1H3,(H,18,24)(H,19,23)(H,20,21)/t12-/m0/s1. The van der Waals surface area contributed by atoms with Crippen molar-refractivity contribution in [3.63, 3.8) is 0 Å². The number of ether oxygens (including phenoxy) is 1. The molecular formula is C17H21N5O3S2. The number of rotatable bonds is 7. The Kier molecular flexibility index (Phi) is 6.88. The van der Waals surface area contributed by atoms with E-state index in [9.17, 15) is 9.59 Å². The molecule has 1 aliphatic heterocycles. The van der Waals surface area contributed by atoms with Crippen LogP contribution in [-0.4, -0.2) is 47.5 Å². The topological polar surface area (TPSA) is 105 Å². The SMILES string of the molecule is COc1ccccc1Nc1nnc(SCC(=O)N[C@H]2CCCCNC2=O)s1. The van der Waals surface area contributed by atoms with E-state index in [1.807, 2.05) is 24.3 Å². The van der Waals surface area contributed by atoms with Gasteiger partial charge in [-0.25, -0.2) is 0 Å². The van der Waals surface area contributed by atoms with E-state index in [0.717, 1.165) is 18.5 Å². The Bertz CT molecular complexity index is 798. The van der Waals surface area contributed by atoms with Gasteiger partial charge in [-0.3, -0.25) is 9.59 Å². The molecule has 27 heavy (non-hydrogen) atoms. The van der Waals surface area contributed by atoms with Crippen LogP contribution in [0.4, 0.5) is 10.8 Å². The largest absolute Gasteiger partial charge is 0.495 e. The average Bonchev–Trinajstić information content (AvgIpc) is 3.03. The van der Waals surface area contributed by atoms with E-state index in [1.54, 1.807) is 7.11 Å². The Balaban J connectivity index is 1.50. The van der Waals surface area contributed by atoms with Crippen LogP contribution in [0.15, 0.2) is 28.6 Å². The molecule has 1 fully saturated rings. The number of amides is 2. The smallest absolute Gasteiger partial charge is 0.242 e. The van der Waals surface area contributed by atoms with Crippen molar-refractivity contribution in [1.29, 1.82) is 0 Å². The maximum absolute atomic E-state index is 12.1. The highest BCUT2D eigenvalue weighted by Gasteiger charge is 2.22. The van der Waals surface area contributed by atoms with Gasteiger partial charge in [0.2, 0.25) is 16.9 Å². The molecule has 1 aliphatic rings. The van der Waals surface area contributed by atoms with Crippen LogP contribution in [0.25, 0.3) is 0 Å². The van der Waals surface area contributed by atoms with Crippen LogP contribution in [-0.2, 0) is 9.59 Å². The zero-order valence-electron chi connectivity index (χ0n) is 14.9. The Morgan fingerprint density at radius 3 is 3.07 bits per heavy atom. The number of carbonyl (C=O) groups is 2. The molecule has 1 aromatic heterocycles. The molecule has 0 spiro atoms. The zero-order valence-corrected chi connectivity index (χ0v) is 16.5. The maximum atomic E-state index is 12.1. The summed E-state index contributed by atoms with van der Waals surface area (Å²) in [6.07, 6.45) is 2.54. The van der Waals surface area contributed by atoms with Gasteiger partial charge in [0.25, 0.3) is 0 Å². The number of benzene rings is 1. The second kappa shape index (κ2) is 9.56. The average molecular weight is 408 g/mol. The summed E-state index contributed by atoms with van der Waals surface area (Å²) in [7, 11) is 1.61. The lowest BCUT2D eigenvalue weighted by atomic mass is 10.1. The van der Waals surface area contributed by atoms with Crippen LogP contribution in [0.1, 0.15) is 19.3 Å². The van der Waals surface area contributed by atoms with Crippen LogP contribution >= 0.6 is 23.1 Å². The van der Waals surface area contributed by atoms with E-state index in [0.29, 0.717) is 28.2 Å². The highest BCUT2D eigenvalue weighted by Crippen LogP contribution is 2.31. The molecule has 1 saturated heterocycles. The number of hydrogen-bond donors (Lipinski definition) is 3. The van der Waals surface area contributed by atoms with Crippen molar-refractivity contribution in [2.45, 2.75) is 29.6 Å². The van der Waals surface area contributed by atoms with Crippen molar-refractivity contribution in [1.82, 2.24) is 20.8 Å². The Morgan fingerprint density at radius 1 is 1.37 bits per heavy atom. The van der Waals surface area contributed by atoms with Crippen molar-refractivity contribution in [3.8, 4) is 5.75 Å². The fourth-order valence-corrected chi connectivity index (χ4v) is 4.20. The van der Waals surface area contributed by atoms with E-state index >= 15 is 0 Å². The third kappa shape index (κ3) is 5.57. The predicted molar refractivity (Wildman–Crippen MR) is 106 cm³/mol. The van der Waals surface area contributed by atoms with Gasteiger partial charge in [0.15, 0.2) is 4.34 Å². The number of thioether (sulfide) groups is 1. The van der Waals surface area contributed by atoms with Crippen LogP contribution in [0.3, 0.4) is 0 Å². The summed E-state index contributed by atoms with van der Waals surface area (Å²) >= 11 is 2.65. The number of carbonyl (C=O) groups excluding carboxylic acids is 2. The summed E-state index contributed by atoms with van der Waals surface area (Å²) in [6, 6.07) is 7.08. The molecule has 0 bridgehead atoms. The minimum Gasteiger partial charge on any atom is -0.495 e. The van der Waals surface area contributed by atoms with Gasteiger partial charge in [-0.15, -0.1) is 10.2 Å². The molecule has 2 heterocycles. The van der Waals surface area contributed by atoms with Crippen molar-refractivity contribution >= 4 is 45.7 Å². The lowest BCUT2D eigenvalue weighted by Crippen LogP contribution is -2.46. The molecule has 3 N–H and O–H groups in total. The summed E-state index contributed by atoms with van der Waals surface area (Å²) in [5.74, 6) is 0.608. The van der Waals surface area contributed by atoms with Gasteiger partial charge in [-0.2, -0.15) is 0 Å². The first-order valence-corrected chi connectivity index (χ1v) is 10.4.